The summed E-state index contributed by atoms with van der Waals surface area (Å²) in [5.74, 6) is 1.32. The summed E-state index contributed by atoms with van der Waals surface area (Å²) in [5.41, 5.74) is 2.18. The van der Waals surface area contributed by atoms with Gasteiger partial charge in [-0.25, -0.2) is 9.97 Å². The van der Waals surface area contributed by atoms with Crippen LogP contribution in [-0.2, 0) is 21.0 Å². The number of benzene rings is 1. The fourth-order valence-corrected chi connectivity index (χ4v) is 4.86. The maximum Gasteiger partial charge on any atom is 0.313 e. The number of carbonyl (C=O) groups excluding carboxylic acids is 1. The molecule has 3 atom stereocenters. The number of carbonyl (C=O) groups is 1. The van der Waals surface area contributed by atoms with E-state index in [1.54, 1.807) is 13.3 Å². The molecule has 1 fully saturated rings. The van der Waals surface area contributed by atoms with Crippen molar-refractivity contribution in [1.82, 2.24) is 19.5 Å². The highest BCUT2D eigenvalue weighted by atomic mass is 28.3. The van der Waals surface area contributed by atoms with Gasteiger partial charge in [0.25, 0.3) is 5.88 Å². The summed E-state index contributed by atoms with van der Waals surface area (Å²) in [7, 11) is -1.14. The van der Waals surface area contributed by atoms with Crippen LogP contribution in [0.15, 0.2) is 30.9 Å². The highest BCUT2D eigenvalue weighted by molar-refractivity contribution is 6.76. The number of hydrogen-bond acceptors (Lipinski definition) is 8. The van der Waals surface area contributed by atoms with Gasteiger partial charge in [0.05, 0.1) is 12.9 Å². The third-order valence-corrected chi connectivity index (χ3v) is 7.63. The first-order valence-corrected chi connectivity index (χ1v) is 14.9. The van der Waals surface area contributed by atoms with Crippen LogP contribution in [0, 0.1) is 5.92 Å². The van der Waals surface area contributed by atoms with E-state index in [0.717, 1.165) is 24.0 Å². The Labute approximate surface area is 193 Å². The molecular weight excluding hydrogens is 440 g/mol. The smallest absolute Gasteiger partial charge is 0.313 e. The maximum atomic E-state index is 12.1. The van der Waals surface area contributed by atoms with Crippen LogP contribution in [-0.4, -0.2) is 52.9 Å². The van der Waals surface area contributed by atoms with Gasteiger partial charge in [-0.1, -0.05) is 19.6 Å². The van der Waals surface area contributed by atoms with Crippen molar-refractivity contribution in [3.63, 3.8) is 0 Å². The van der Waals surface area contributed by atoms with Gasteiger partial charge in [0.15, 0.2) is 11.2 Å². The third kappa shape index (κ3) is 4.32. The van der Waals surface area contributed by atoms with Crippen molar-refractivity contribution in [2.24, 2.45) is 5.92 Å². The highest BCUT2D eigenvalue weighted by Gasteiger charge is 2.63. The van der Waals surface area contributed by atoms with Crippen molar-refractivity contribution in [1.29, 1.82) is 0 Å². The standard InChI is InChI=1S/C23H28N4O5Si/c1-5-30-23(28)18-17-15-10-14(6-7-16(15)32-20(17)18)31-22-19-21(24-11-25-22)27(12-26-19)13-29-8-9-33(2,3)4/h6-7,10-12,17-18,20H,5,8-9,13H2,1-4H3/t17-,18-,20-/m0/s1. The largest absolute Gasteiger partial charge is 0.489 e. The van der Waals surface area contributed by atoms with Gasteiger partial charge in [-0.05, 0) is 31.2 Å². The van der Waals surface area contributed by atoms with Gasteiger partial charge in [0.1, 0.15) is 36.6 Å². The van der Waals surface area contributed by atoms with Gasteiger partial charge in [0.2, 0.25) is 0 Å². The first-order valence-electron chi connectivity index (χ1n) is 11.2. The second-order valence-corrected chi connectivity index (χ2v) is 15.2. The number of nitrogens with zero attached hydrogens (tertiary/aromatic N) is 4. The molecule has 5 rings (SSSR count). The zero-order chi connectivity index (χ0) is 23.2. The highest BCUT2D eigenvalue weighted by Crippen LogP contribution is 2.59. The molecule has 174 valence electrons. The van der Waals surface area contributed by atoms with Gasteiger partial charge in [-0.15, -0.1) is 0 Å². The molecule has 0 N–H and O–H groups in total. The molecule has 1 aromatic carbocycles. The lowest BCUT2D eigenvalue weighted by Crippen LogP contribution is -2.22. The van der Waals surface area contributed by atoms with Crippen molar-refractivity contribution in [3.05, 3.63) is 36.4 Å². The molecule has 0 saturated heterocycles. The molecule has 1 aliphatic carbocycles. The van der Waals surface area contributed by atoms with E-state index in [2.05, 4.69) is 34.6 Å². The number of esters is 1. The molecule has 1 aliphatic heterocycles. The number of hydrogen-bond donors (Lipinski definition) is 0. The number of imidazole rings is 1. The van der Waals surface area contributed by atoms with E-state index in [0.29, 0.717) is 36.1 Å². The summed E-state index contributed by atoms with van der Waals surface area (Å²) in [4.78, 5) is 25.2. The number of ether oxygens (including phenoxy) is 4. The van der Waals surface area contributed by atoms with E-state index in [1.807, 2.05) is 22.8 Å². The Kier molecular flexibility index (Phi) is 5.57. The summed E-state index contributed by atoms with van der Waals surface area (Å²) in [6, 6.07) is 6.70. The van der Waals surface area contributed by atoms with Gasteiger partial charge in [-0.3, -0.25) is 9.36 Å². The summed E-state index contributed by atoms with van der Waals surface area (Å²) in [5, 5.41) is 0. The lowest BCUT2D eigenvalue weighted by atomic mass is 10.1. The molecule has 0 radical (unpaired) electrons. The zero-order valence-electron chi connectivity index (χ0n) is 19.3. The summed E-state index contributed by atoms with van der Waals surface area (Å²) in [6.07, 6.45) is 3.01. The Hall–Kier alpha value is -2.98. The van der Waals surface area contributed by atoms with Crippen molar-refractivity contribution in [2.45, 2.75) is 51.4 Å². The minimum absolute atomic E-state index is 0.0144. The predicted molar refractivity (Wildman–Crippen MR) is 123 cm³/mol. The molecule has 3 heterocycles. The summed E-state index contributed by atoms with van der Waals surface area (Å²) >= 11 is 0. The van der Waals surface area contributed by atoms with Crippen molar-refractivity contribution < 1.29 is 23.7 Å². The molecule has 2 aliphatic rings. The topological polar surface area (TPSA) is 97.6 Å². The molecule has 9 nitrogen and oxygen atoms in total. The van der Waals surface area contributed by atoms with Crippen molar-refractivity contribution >= 4 is 25.2 Å². The molecule has 0 spiro atoms. The van der Waals surface area contributed by atoms with Crippen molar-refractivity contribution in [2.75, 3.05) is 13.2 Å². The second-order valence-electron chi connectivity index (χ2n) is 9.60. The summed E-state index contributed by atoms with van der Waals surface area (Å²) in [6.45, 7) is 10.2. The van der Waals surface area contributed by atoms with Crippen LogP contribution in [0.5, 0.6) is 17.4 Å². The predicted octanol–water partition coefficient (Wildman–Crippen LogP) is 3.97. The second kappa shape index (κ2) is 8.42. The quantitative estimate of drug-likeness (QED) is 0.264. The van der Waals surface area contributed by atoms with Gasteiger partial charge >= 0.3 is 5.97 Å². The van der Waals surface area contributed by atoms with Crippen LogP contribution in [0.2, 0.25) is 25.7 Å². The SMILES string of the molecule is CCOC(=O)[C@@H]1[C@H]2Oc3ccc(Oc4ncnc5c4ncn5COCC[Si](C)(C)C)cc3[C@H]21. The minimum atomic E-state index is -1.14. The average Bonchev–Trinajstić information content (AvgIpc) is 3.12. The first kappa shape index (κ1) is 21.8. The van der Waals surface area contributed by atoms with Gasteiger partial charge in [-0.2, -0.15) is 4.98 Å². The van der Waals surface area contributed by atoms with E-state index in [9.17, 15) is 4.79 Å². The number of aromatic nitrogens is 4. The monoisotopic (exact) mass is 468 g/mol. The van der Waals surface area contributed by atoms with Crippen LogP contribution in [0.1, 0.15) is 18.4 Å². The van der Waals surface area contributed by atoms with Crippen LogP contribution >= 0.6 is 0 Å². The average molecular weight is 469 g/mol. The van der Waals surface area contributed by atoms with E-state index in [-0.39, 0.29) is 23.9 Å². The molecule has 1 saturated carbocycles. The van der Waals surface area contributed by atoms with E-state index in [1.165, 1.54) is 6.33 Å². The van der Waals surface area contributed by atoms with E-state index >= 15 is 0 Å². The molecule has 0 amide bonds. The van der Waals surface area contributed by atoms with Crippen LogP contribution in [0.3, 0.4) is 0 Å². The Morgan fingerprint density at radius 2 is 2.06 bits per heavy atom. The summed E-state index contributed by atoms with van der Waals surface area (Å²) < 4.78 is 24.8. The molecule has 0 unspecified atom stereocenters. The Morgan fingerprint density at radius 3 is 2.85 bits per heavy atom. The Morgan fingerprint density at radius 1 is 1.21 bits per heavy atom. The third-order valence-electron chi connectivity index (χ3n) is 5.93. The number of rotatable bonds is 9. The molecule has 3 aromatic rings. The van der Waals surface area contributed by atoms with E-state index < -0.39 is 8.07 Å². The van der Waals surface area contributed by atoms with Gasteiger partial charge in [0, 0.05) is 26.2 Å². The Balaban J connectivity index is 1.30. The lowest BCUT2D eigenvalue weighted by Gasteiger charge is -2.15. The van der Waals surface area contributed by atoms with Gasteiger partial charge < -0.3 is 18.9 Å². The lowest BCUT2D eigenvalue weighted by molar-refractivity contribution is -0.145. The maximum absolute atomic E-state index is 12.1. The molecule has 0 bridgehead atoms. The first-order chi connectivity index (χ1) is 15.9. The Bertz CT molecular complexity index is 1190. The molecule has 2 aromatic heterocycles. The molecule has 10 heteroatoms. The normalized spacial score (nSPS) is 20.8. The number of fused-ring (bicyclic) bond motifs is 4. The fraction of sp³-hybridized carbons (Fsp3) is 0.478. The van der Waals surface area contributed by atoms with E-state index in [4.69, 9.17) is 18.9 Å². The van der Waals surface area contributed by atoms with Crippen LogP contribution in [0.4, 0.5) is 0 Å². The fourth-order valence-electron chi connectivity index (χ4n) is 4.11. The molecule has 33 heavy (non-hydrogen) atoms. The molecular formula is C23H28N4O5Si. The minimum Gasteiger partial charge on any atom is -0.489 e. The zero-order valence-corrected chi connectivity index (χ0v) is 20.3. The van der Waals surface area contributed by atoms with Crippen LogP contribution < -0.4 is 9.47 Å². The van der Waals surface area contributed by atoms with Crippen LogP contribution in [0.25, 0.3) is 11.2 Å². The van der Waals surface area contributed by atoms with Crippen molar-refractivity contribution in [3.8, 4) is 17.4 Å².